The van der Waals surface area contributed by atoms with E-state index < -0.39 is 18.5 Å². The lowest BCUT2D eigenvalue weighted by Crippen LogP contribution is -2.38. The van der Waals surface area contributed by atoms with Crippen molar-refractivity contribution in [3.63, 3.8) is 0 Å². The van der Waals surface area contributed by atoms with Crippen molar-refractivity contribution in [2.45, 2.75) is 27.2 Å². The van der Waals surface area contributed by atoms with Gasteiger partial charge in [0.05, 0.1) is 12.1 Å². The summed E-state index contributed by atoms with van der Waals surface area (Å²) in [6, 6.07) is 5.34. The van der Waals surface area contributed by atoms with Gasteiger partial charge in [0.15, 0.2) is 6.61 Å². The van der Waals surface area contributed by atoms with E-state index in [1.54, 1.807) is 12.1 Å². The molecule has 0 aromatic heterocycles. The molecule has 0 heterocycles. The molecule has 0 aliphatic carbocycles. The Morgan fingerprint density at radius 3 is 2.23 bits per heavy atom. The fourth-order valence-corrected chi connectivity index (χ4v) is 1.86. The number of aryl methyl sites for hydroxylation is 2. The van der Waals surface area contributed by atoms with E-state index in [1.807, 2.05) is 26.8 Å². The van der Waals surface area contributed by atoms with Crippen LogP contribution in [-0.4, -0.2) is 37.5 Å². The number of hydrogen-bond donors (Lipinski definition) is 2. The van der Waals surface area contributed by atoms with Gasteiger partial charge < -0.3 is 15.4 Å². The number of rotatable bonds is 7. The fraction of sp³-hybridized carbons (Fsp3) is 0.438. The van der Waals surface area contributed by atoms with Gasteiger partial charge in [0.2, 0.25) is 5.91 Å². The quantitative estimate of drug-likeness (QED) is 0.739. The van der Waals surface area contributed by atoms with E-state index in [0.29, 0.717) is 12.1 Å². The van der Waals surface area contributed by atoms with Gasteiger partial charge in [-0.05, 0) is 32.4 Å². The molecule has 1 aromatic rings. The van der Waals surface area contributed by atoms with E-state index in [2.05, 4.69) is 10.6 Å². The number of carbonyl (C=O) groups excluding carboxylic acids is 3. The third-order valence-corrected chi connectivity index (χ3v) is 2.81. The number of esters is 1. The predicted octanol–water partition coefficient (Wildman–Crippen LogP) is 1.10. The van der Waals surface area contributed by atoms with Crippen LogP contribution < -0.4 is 10.6 Å². The van der Waals surface area contributed by atoms with Crippen LogP contribution in [0.1, 0.15) is 34.8 Å². The minimum atomic E-state index is -0.558. The summed E-state index contributed by atoms with van der Waals surface area (Å²) in [6.07, 6.45) is 0.827. The molecule has 1 rings (SSSR count). The number of nitrogens with one attached hydrogen (secondary N) is 2. The first-order chi connectivity index (χ1) is 10.4. The van der Waals surface area contributed by atoms with Crippen LogP contribution in [-0.2, 0) is 14.3 Å². The van der Waals surface area contributed by atoms with Gasteiger partial charge >= 0.3 is 5.97 Å². The van der Waals surface area contributed by atoms with Crippen molar-refractivity contribution in [3.05, 3.63) is 34.9 Å². The Kier molecular flexibility index (Phi) is 7.08. The SMILES string of the molecule is CCCNC(=O)CNC(=O)COC(=O)c1cc(C)cc(C)c1. The Morgan fingerprint density at radius 2 is 1.64 bits per heavy atom. The summed E-state index contributed by atoms with van der Waals surface area (Å²) >= 11 is 0. The smallest absolute Gasteiger partial charge is 0.338 e. The van der Waals surface area contributed by atoms with Crippen molar-refractivity contribution in [2.24, 2.45) is 0 Å². The van der Waals surface area contributed by atoms with Crippen LogP contribution in [0, 0.1) is 13.8 Å². The molecular formula is C16H22N2O4. The Labute approximate surface area is 130 Å². The molecule has 2 amide bonds. The normalized spacial score (nSPS) is 9.95. The van der Waals surface area contributed by atoms with Crippen molar-refractivity contribution in [1.29, 1.82) is 0 Å². The zero-order valence-corrected chi connectivity index (χ0v) is 13.2. The largest absolute Gasteiger partial charge is 0.452 e. The Morgan fingerprint density at radius 1 is 1.00 bits per heavy atom. The van der Waals surface area contributed by atoms with Crippen LogP contribution in [0.25, 0.3) is 0 Å². The van der Waals surface area contributed by atoms with E-state index in [-0.39, 0.29) is 12.5 Å². The molecule has 22 heavy (non-hydrogen) atoms. The summed E-state index contributed by atoms with van der Waals surface area (Å²) in [5.41, 5.74) is 2.30. The summed E-state index contributed by atoms with van der Waals surface area (Å²) in [6.45, 7) is 5.73. The third kappa shape index (κ3) is 6.39. The van der Waals surface area contributed by atoms with Crippen LogP contribution in [0.3, 0.4) is 0 Å². The summed E-state index contributed by atoms with van der Waals surface area (Å²) in [7, 11) is 0. The molecular weight excluding hydrogens is 284 g/mol. The minimum absolute atomic E-state index is 0.125. The lowest BCUT2D eigenvalue weighted by atomic mass is 10.1. The monoisotopic (exact) mass is 306 g/mol. The van der Waals surface area contributed by atoms with Gasteiger partial charge in [0.25, 0.3) is 5.91 Å². The maximum atomic E-state index is 11.9. The molecule has 6 heteroatoms. The van der Waals surface area contributed by atoms with E-state index in [1.165, 1.54) is 0 Å². The fourth-order valence-electron chi connectivity index (χ4n) is 1.86. The highest BCUT2D eigenvalue weighted by Gasteiger charge is 2.11. The highest BCUT2D eigenvalue weighted by Crippen LogP contribution is 2.09. The molecule has 2 N–H and O–H groups in total. The highest BCUT2D eigenvalue weighted by atomic mass is 16.5. The van der Waals surface area contributed by atoms with Gasteiger partial charge in [-0.1, -0.05) is 24.1 Å². The zero-order chi connectivity index (χ0) is 16.5. The average Bonchev–Trinajstić information content (AvgIpc) is 2.47. The molecule has 0 saturated heterocycles. The first-order valence-electron chi connectivity index (χ1n) is 7.21. The van der Waals surface area contributed by atoms with Crippen molar-refractivity contribution < 1.29 is 19.1 Å². The Balaban J connectivity index is 2.37. The number of hydrogen-bond acceptors (Lipinski definition) is 4. The van der Waals surface area contributed by atoms with Gasteiger partial charge in [-0.15, -0.1) is 0 Å². The molecule has 0 radical (unpaired) electrons. The van der Waals surface area contributed by atoms with Crippen LogP contribution in [0.2, 0.25) is 0 Å². The number of amides is 2. The van der Waals surface area contributed by atoms with Crippen LogP contribution >= 0.6 is 0 Å². The first-order valence-corrected chi connectivity index (χ1v) is 7.21. The van der Waals surface area contributed by atoms with Gasteiger partial charge in [-0.2, -0.15) is 0 Å². The van der Waals surface area contributed by atoms with Gasteiger partial charge in [0, 0.05) is 6.54 Å². The molecule has 6 nitrogen and oxygen atoms in total. The molecule has 1 aromatic carbocycles. The Hall–Kier alpha value is -2.37. The summed E-state index contributed by atoms with van der Waals surface area (Å²) in [4.78, 5) is 34.7. The van der Waals surface area contributed by atoms with Crippen LogP contribution in [0.15, 0.2) is 18.2 Å². The predicted molar refractivity (Wildman–Crippen MR) is 82.5 cm³/mol. The molecule has 0 aliphatic heterocycles. The topological polar surface area (TPSA) is 84.5 Å². The number of ether oxygens (including phenoxy) is 1. The van der Waals surface area contributed by atoms with Gasteiger partial charge in [0.1, 0.15) is 0 Å². The maximum Gasteiger partial charge on any atom is 0.338 e. The Bertz CT molecular complexity index is 535. The van der Waals surface area contributed by atoms with Crippen LogP contribution in [0.5, 0.6) is 0 Å². The van der Waals surface area contributed by atoms with E-state index in [0.717, 1.165) is 17.5 Å². The average molecular weight is 306 g/mol. The molecule has 0 atom stereocenters. The first kappa shape index (κ1) is 17.7. The highest BCUT2D eigenvalue weighted by molar-refractivity contribution is 5.92. The maximum absolute atomic E-state index is 11.9. The van der Waals surface area contributed by atoms with Gasteiger partial charge in [-0.3, -0.25) is 9.59 Å². The van der Waals surface area contributed by atoms with Gasteiger partial charge in [-0.25, -0.2) is 4.79 Å². The standard InChI is InChI=1S/C16H22N2O4/c1-4-5-17-14(19)9-18-15(20)10-22-16(21)13-7-11(2)6-12(3)8-13/h6-8H,4-5,9-10H2,1-3H3,(H,17,19)(H,18,20). The number of carbonyl (C=O) groups is 3. The van der Waals surface area contributed by atoms with Crippen molar-refractivity contribution in [3.8, 4) is 0 Å². The second-order valence-corrected chi connectivity index (χ2v) is 5.08. The van der Waals surface area contributed by atoms with E-state index in [4.69, 9.17) is 4.74 Å². The molecule has 0 fully saturated rings. The van der Waals surface area contributed by atoms with E-state index >= 15 is 0 Å². The molecule has 0 aliphatic rings. The zero-order valence-electron chi connectivity index (χ0n) is 13.2. The molecule has 0 bridgehead atoms. The number of benzene rings is 1. The molecule has 0 saturated carbocycles. The lowest BCUT2D eigenvalue weighted by Gasteiger charge is -2.08. The molecule has 0 spiro atoms. The molecule has 0 unspecified atom stereocenters. The summed E-state index contributed by atoms with van der Waals surface area (Å²) < 4.78 is 4.93. The van der Waals surface area contributed by atoms with Crippen LogP contribution in [0.4, 0.5) is 0 Å². The van der Waals surface area contributed by atoms with Crippen molar-refractivity contribution >= 4 is 17.8 Å². The second kappa shape index (κ2) is 8.81. The van der Waals surface area contributed by atoms with Crippen molar-refractivity contribution in [2.75, 3.05) is 19.7 Å². The summed E-state index contributed by atoms with van der Waals surface area (Å²) in [5.74, 6) is -1.34. The van der Waals surface area contributed by atoms with E-state index in [9.17, 15) is 14.4 Å². The third-order valence-electron chi connectivity index (χ3n) is 2.81. The van der Waals surface area contributed by atoms with Crippen molar-refractivity contribution in [1.82, 2.24) is 10.6 Å². The summed E-state index contributed by atoms with van der Waals surface area (Å²) in [5, 5.41) is 5.02. The lowest BCUT2D eigenvalue weighted by molar-refractivity contribution is -0.127. The minimum Gasteiger partial charge on any atom is -0.452 e. The molecule has 120 valence electrons. The second-order valence-electron chi connectivity index (χ2n) is 5.08.